The van der Waals surface area contributed by atoms with Gasteiger partial charge in [0.05, 0.1) is 0 Å². The summed E-state index contributed by atoms with van der Waals surface area (Å²) in [7, 11) is 0. The Labute approximate surface area is 229 Å². The molecule has 11 nitrogen and oxygen atoms in total. The Hall–Kier alpha value is -5.68. The molecule has 0 bridgehead atoms. The van der Waals surface area contributed by atoms with E-state index < -0.39 is 34.9 Å². The number of rotatable bonds is 4. The van der Waals surface area contributed by atoms with Gasteiger partial charge in [0.1, 0.15) is 56.8 Å². The minimum Gasteiger partial charge on any atom is -0.508 e. The van der Waals surface area contributed by atoms with Gasteiger partial charge in [0, 0.05) is 35.9 Å². The molecular formula is C30H20O11. The van der Waals surface area contributed by atoms with Crippen LogP contribution in [-0.2, 0) is 0 Å². The van der Waals surface area contributed by atoms with Crippen LogP contribution in [0.15, 0.2) is 82.0 Å². The molecule has 206 valence electrons. The first-order valence-corrected chi connectivity index (χ1v) is 12.1. The van der Waals surface area contributed by atoms with Crippen LogP contribution in [0.3, 0.4) is 0 Å². The molecule has 6 rings (SSSR count). The highest BCUT2D eigenvalue weighted by molar-refractivity contribution is 6.05. The molecule has 2 atom stereocenters. The number of fused-ring (bicyclic) bond motifs is 2. The molecule has 0 saturated carbocycles. The average Bonchev–Trinajstić information content (AvgIpc) is 2.91. The molecule has 0 saturated heterocycles. The van der Waals surface area contributed by atoms with Gasteiger partial charge in [0.25, 0.3) is 0 Å². The molecule has 0 aliphatic carbocycles. The molecule has 0 radical (unpaired) electrons. The minimum absolute atomic E-state index is 0.00529. The molecule has 2 heterocycles. The average molecular weight is 556 g/mol. The minimum atomic E-state index is -1.69. The van der Waals surface area contributed by atoms with Gasteiger partial charge in [-0.2, -0.15) is 0 Å². The Morgan fingerprint density at radius 2 is 1.44 bits per heavy atom. The Kier molecular flexibility index (Phi) is 5.93. The van der Waals surface area contributed by atoms with Gasteiger partial charge in [-0.05, 0) is 42.0 Å². The second-order valence-corrected chi connectivity index (χ2v) is 9.35. The number of hydrogen-bond acceptors (Lipinski definition) is 11. The number of aliphatic hydroxyl groups is 1. The molecule has 0 fully saturated rings. The first-order chi connectivity index (χ1) is 19.6. The standard InChI is InChI=1S/C30H20O11/c31-15-8-19(34)26-21(36)12-22(40-24(26)10-15)13-1-4-17(5-2-13)39-23-7-14(3-6-18(23)33)30-29(38)28(37)27-20(35)9-16(32)11-25(27)41-30/h1-12,29-35,38H/t29-,30+/m1/s1. The van der Waals surface area contributed by atoms with E-state index in [0.29, 0.717) is 5.56 Å². The van der Waals surface area contributed by atoms with Gasteiger partial charge < -0.3 is 44.5 Å². The number of hydrogen-bond donors (Lipinski definition) is 6. The fourth-order valence-corrected chi connectivity index (χ4v) is 4.66. The van der Waals surface area contributed by atoms with Crippen LogP contribution in [0.2, 0.25) is 0 Å². The Morgan fingerprint density at radius 3 is 2.20 bits per heavy atom. The number of phenols is 5. The third-order valence-corrected chi connectivity index (χ3v) is 6.60. The van der Waals surface area contributed by atoms with Gasteiger partial charge >= 0.3 is 0 Å². The lowest BCUT2D eigenvalue weighted by Gasteiger charge is -2.30. The number of ketones is 1. The van der Waals surface area contributed by atoms with Crippen molar-refractivity contribution >= 4 is 16.8 Å². The maximum absolute atomic E-state index is 12.7. The maximum atomic E-state index is 12.7. The lowest BCUT2D eigenvalue weighted by Crippen LogP contribution is -2.36. The van der Waals surface area contributed by atoms with E-state index in [0.717, 1.165) is 18.2 Å². The summed E-state index contributed by atoms with van der Waals surface area (Å²) in [6.07, 6.45) is -2.91. The first kappa shape index (κ1) is 25.6. The van der Waals surface area contributed by atoms with Crippen molar-refractivity contribution in [2.45, 2.75) is 12.2 Å². The summed E-state index contributed by atoms with van der Waals surface area (Å²) in [6, 6.07) is 15.9. The number of carbonyl (C=O) groups is 1. The van der Waals surface area contributed by atoms with E-state index >= 15 is 0 Å². The van der Waals surface area contributed by atoms with Crippen molar-refractivity contribution in [3.8, 4) is 57.3 Å². The second-order valence-electron chi connectivity index (χ2n) is 9.35. The van der Waals surface area contributed by atoms with Crippen LogP contribution in [0.25, 0.3) is 22.3 Å². The molecular weight excluding hydrogens is 536 g/mol. The number of carbonyl (C=O) groups excluding carboxylic acids is 1. The Bertz CT molecular complexity index is 1910. The SMILES string of the molecule is O=C1c2c(O)cc(O)cc2O[C@@H](c2ccc(O)c(Oc3ccc(-c4cc(=O)c5c(O)cc(O)cc5o4)cc3)c2)[C@@H]1O. The molecule has 1 aliphatic rings. The number of Topliss-reactive ketones (excluding diaryl/α,β-unsaturated/α-hetero) is 1. The van der Waals surface area contributed by atoms with E-state index in [4.69, 9.17) is 13.9 Å². The number of phenolic OH excluding ortho intramolecular Hbond substituents is 5. The van der Waals surface area contributed by atoms with E-state index in [1.165, 1.54) is 30.3 Å². The highest BCUT2D eigenvalue weighted by Gasteiger charge is 2.39. The molecule has 0 unspecified atom stereocenters. The molecule has 5 aromatic rings. The highest BCUT2D eigenvalue weighted by atomic mass is 16.5. The molecule has 1 aromatic heterocycles. The number of benzene rings is 4. The van der Waals surface area contributed by atoms with Crippen LogP contribution in [0.5, 0.6) is 46.0 Å². The van der Waals surface area contributed by atoms with E-state index in [1.807, 2.05) is 0 Å². The van der Waals surface area contributed by atoms with Gasteiger partial charge in [0.2, 0.25) is 5.78 Å². The summed E-state index contributed by atoms with van der Waals surface area (Å²) >= 11 is 0. The van der Waals surface area contributed by atoms with Gasteiger partial charge in [-0.15, -0.1) is 0 Å². The monoisotopic (exact) mass is 556 g/mol. The van der Waals surface area contributed by atoms with E-state index in [-0.39, 0.29) is 62.4 Å². The molecule has 41 heavy (non-hydrogen) atoms. The molecule has 1 aliphatic heterocycles. The summed E-state index contributed by atoms with van der Waals surface area (Å²) in [5.74, 6) is -2.25. The normalized spacial score (nSPS) is 16.3. The van der Waals surface area contributed by atoms with Crippen molar-refractivity contribution in [3.05, 3.63) is 94.1 Å². The number of aromatic hydroxyl groups is 5. The van der Waals surface area contributed by atoms with Crippen LogP contribution < -0.4 is 14.9 Å². The maximum Gasteiger partial charge on any atom is 0.202 e. The third-order valence-electron chi connectivity index (χ3n) is 6.60. The van der Waals surface area contributed by atoms with Crippen molar-refractivity contribution in [3.63, 3.8) is 0 Å². The van der Waals surface area contributed by atoms with Crippen molar-refractivity contribution in [2.75, 3.05) is 0 Å². The smallest absolute Gasteiger partial charge is 0.202 e. The lowest BCUT2D eigenvalue weighted by atomic mass is 9.92. The Balaban J connectivity index is 1.28. The fraction of sp³-hybridized carbons (Fsp3) is 0.0667. The van der Waals surface area contributed by atoms with Gasteiger partial charge in [0.15, 0.2) is 29.1 Å². The number of ether oxygens (including phenoxy) is 2. The topological polar surface area (TPSA) is 187 Å². The molecule has 4 aromatic carbocycles. The van der Waals surface area contributed by atoms with E-state index in [1.54, 1.807) is 24.3 Å². The van der Waals surface area contributed by atoms with Gasteiger partial charge in [-0.25, -0.2) is 0 Å². The van der Waals surface area contributed by atoms with Crippen LogP contribution in [0, 0.1) is 0 Å². The molecule has 0 spiro atoms. The molecule has 6 N–H and O–H groups in total. The second kappa shape index (κ2) is 9.50. The summed E-state index contributed by atoms with van der Waals surface area (Å²) < 4.78 is 17.3. The predicted octanol–water partition coefficient (Wildman–Crippen LogP) is 4.46. The third kappa shape index (κ3) is 4.49. The van der Waals surface area contributed by atoms with Crippen LogP contribution >= 0.6 is 0 Å². The van der Waals surface area contributed by atoms with Gasteiger partial charge in [-0.1, -0.05) is 6.07 Å². The first-order valence-electron chi connectivity index (χ1n) is 12.1. The molecule has 11 heteroatoms. The summed E-state index contributed by atoms with van der Waals surface area (Å²) in [5.41, 5.74) is 0.00989. The summed E-state index contributed by atoms with van der Waals surface area (Å²) in [6.45, 7) is 0. The largest absolute Gasteiger partial charge is 0.508 e. The summed E-state index contributed by atoms with van der Waals surface area (Å²) in [4.78, 5) is 25.3. The predicted molar refractivity (Wildman–Crippen MR) is 143 cm³/mol. The van der Waals surface area contributed by atoms with Crippen LogP contribution in [-0.4, -0.2) is 42.5 Å². The zero-order valence-electron chi connectivity index (χ0n) is 20.8. The quantitative estimate of drug-likeness (QED) is 0.183. The molecule has 0 amide bonds. The highest BCUT2D eigenvalue weighted by Crippen LogP contribution is 2.43. The van der Waals surface area contributed by atoms with Crippen LogP contribution in [0.1, 0.15) is 22.0 Å². The van der Waals surface area contributed by atoms with Crippen molar-refractivity contribution in [1.29, 1.82) is 0 Å². The van der Waals surface area contributed by atoms with E-state index in [2.05, 4.69) is 0 Å². The Morgan fingerprint density at radius 1 is 0.732 bits per heavy atom. The van der Waals surface area contributed by atoms with Crippen molar-refractivity contribution in [1.82, 2.24) is 0 Å². The van der Waals surface area contributed by atoms with Crippen LogP contribution in [0.4, 0.5) is 0 Å². The number of aliphatic hydroxyl groups excluding tert-OH is 1. The fourth-order valence-electron chi connectivity index (χ4n) is 4.66. The van der Waals surface area contributed by atoms with Crippen molar-refractivity contribution in [2.24, 2.45) is 0 Å². The zero-order valence-corrected chi connectivity index (χ0v) is 20.8. The van der Waals surface area contributed by atoms with Crippen molar-refractivity contribution < 1.29 is 49.3 Å². The summed E-state index contributed by atoms with van der Waals surface area (Å²) in [5, 5.41) is 60.5. The van der Waals surface area contributed by atoms with Gasteiger partial charge in [-0.3, -0.25) is 9.59 Å². The zero-order chi connectivity index (χ0) is 29.0. The lowest BCUT2D eigenvalue weighted by molar-refractivity contribution is 0.0210. The van der Waals surface area contributed by atoms with E-state index in [9.17, 15) is 40.2 Å².